The van der Waals surface area contributed by atoms with E-state index in [1.807, 2.05) is 31.2 Å². The number of amides is 2. The number of nitrogens with two attached hydrogens (primary N) is 1. The van der Waals surface area contributed by atoms with Crippen LogP contribution in [0.4, 0.5) is 0 Å². The van der Waals surface area contributed by atoms with Crippen LogP contribution >= 0.6 is 0 Å². The van der Waals surface area contributed by atoms with Crippen LogP contribution in [-0.4, -0.2) is 43.0 Å². The molecule has 0 fully saturated rings. The summed E-state index contributed by atoms with van der Waals surface area (Å²) in [4.78, 5) is 25.1. The summed E-state index contributed by atoms with van der Waals surface area (Å²) in [5.74, 6) is -0.641. The molecule has 2 amide bonds. The van der Waals surface area contributed by atoms with Crippen LogP contribution in [0.15, 0.2) is 24.3 Å². The molecule has 0 bridgehead atoms. The van der Waals surface area contributed by atoms with Gasteiger partial charge < -0.3 is 15.4 Å². The lowest BCUT2D eigenvalue weighted by molar-refractivity contribution is -0.138. The third-order valence-corrected chi connectivity index (χ3v) is 3.17. The van der Waals surface area contributed by atoms with Gasteiger partial charge in [0.05, 0.1) is 13.0 Å². The molecule has 5 heteroatoms. The number of rotatable bonds is 7. The van der Waals surface area contributed by atoms with E-state index in [0.29, 0.717) is 13.2 Å². The number of methoxy groups -OCH3 is 1. The van der Waals surface area contributed by atoms with Crippen LogP contribution in [0, 0.1) is 6.92 Å². The fourth-order valence-electron chi connectivity index (χ4n) is 1.98. The van der Waals surface area contributed by atoms with Gasteiger partial charge in [0, 0.05) is 13.7 Å². The third kappa shape index (κ3) is 4.66. The summed E-state index contributed by atoms with van der Waals surface area (Å²) in [5, 5.41) is 0. The van der Waals surface area contributed by atoms with Crippen molar-refractivity contribution in [3.8, 4) is 0 Å². The van der Waals surface area contributed by atoms with E-state index in [1.54, 1.807) is 14.0 Å². The van der Waals surface area contributed by atoms with E-state index >= 15 is 0 Å². The summed E-state index contributed by atoms with van der Waals surface area (Å²) in [7, 11) is 1.55. The largest absolute Gasteiger partial charge is 0.383 e. The van der Waals surface area contributed by atoms with Gasteiger partial charge in [0.1, 0.15) is 6.04 Å². The van der Waals surface area contributed by atoms with Gasteiger partial charge in [0.25, 0.3) is 0 Å². The SMILES string of the molecule is COCCN(C(=O)Cc1cccc(C)c1)[C@H](C)C(N)=O. The van der Waals surface area contributed by atoms with Gasteiger partial charge in [-0.15, -0.1) is 0 Å². The van der Waals surface area contributed by atoms with Gasteiger partial charge in [0.15, 0.2) is 0 Å². The zero-order valence-electron chi connectivity index (χ0n) is 12.3. The van der Waals surface area contributed by atoms with Gasteiger partial charge in [-0.05, 0) is 19.4 Å². The van der Waals surface area contributed by atoms with E-state index in [2.05, 4.69) is 0 Å². The average molecular weight is 278 g/mol. The van der Waals surface area contributed by atoms with Crippen LogP contribution in [0.3, 0.4) is 0 Å². The predicted octanol–water partition coefficient (Wildman–Crippen LogP) is 0.886. The first-order chi connectivity index (χ1) is 9.45. The third-order valence-electron chi connectivity index (χ3n) is 3.17. The fourth-order valence-corrected chi connectivity index (χ4v) is 1.98. The Morgan fingerprint density at radius 3 is 2.65 bits per heavy atom. The van der Waals surface area contributed by atoms with Crippen LogP contribution < -0.4 is 5.73 Å². The standard InChI is InChI=1S/C15H22N2O3/c1-11-5-4-6-13(9-11)10-14(18)17(7-8-20-3)12(2)15(16)19/h4-6,9,12H,7-8,10H2,1-3H3,(H2,16,19)/t12-/m1/s1. The molecule has 0 spiro atoms. The minimum Gasteiger partial charge on any atom is -0.383 e. The Balaban J connectivity index is 2.79. The molecule has 0 aliphatic heterocycles. The number of nitrogens with zero attached hydrogens (tertiary/aromatic N) is 1. The molecule has 0 radical (unpaired) electrons. The molecule has 1 atom stereocenters. The van der Waals surface area contributed by atoms with Gasteiger partial charge in [-0.1, -0.05) is 29.8 Å². The maximum Gasteiger partial charge on any atom is 0.239 e. The maximum atomic E-state index is 12.3. The van der Waals surface area contributed by atoms with E-state index in [1.165, 1.54) is 4.90 Å². The van der Waals surface area contributed by atoms with Crippen LogP contribution in [0.25, 0.3) is 0 Å². The number of aryl methyl sites for hydroxylation is 1. The molecular weight excluding hydrogens is 256 g/mol. The number of primary amides is 1. The van der Waals surface area contributed by atoms with Gasteiger partial charge in [-0.2, -0.15) is 0 Å². The van der Waals surface area contributed by atoms with Gasteiger partial charge >= 0.3 is 0 Å². The lowest BCUT2D eigenvalue weighted by Gasteiger charge is -2.27. The van der Waals surface area contributed by atoms with Crippen molar-refractivity contribution in [2.75, 3.05) is 20.3 Å². The summed E-state index contributed by atoms with van der Waals surface area (Å²) < 4.78 is 4.98. The molecule has 0 heterocycles. The molecule has 1 rings (SSSR count). The summed E-state index contributed by atoms with van der Waals surface area (Å²) >= 11 is 0. The second-order valence-electron chi connectivity index (χ2n) is 4.82. The number of carbonyl (C=O) groups is 2. The maximum absolute atomic E-state index is 12.3. The van der Waals surface area contributed by atoms with E-state index < -0.39 is 11.9 Å². The highest BCUT2D eigenvalue weighted by Crippen LogP contribution is 2.08. The highest BCUT2D eigenvalue weighted by atomic mass is 16.5. The Labute approximate surface area is 119 Å². The van der Waals surface area contributed by atoms with E-state index in [0.717, 1.165) is 11.1 Å². The highest BCUT2D eigenvalue weighted by molar-refractivity contribution is 5.87. The molecule has 0 aliphatic carbocycles. The first kappa shape index (κ1) is 16.2. The average Bonchev–Trinajstić information content (AvgIpc) is 2.38. The number of carbonyl (C=O) groups excluding carboxylic acids is 2. The van der Waals surface area contributed by atoms with Crippen molar-refractivity contribution in [2.45, 2.75) is 26.3 Å². The Hall–Kier alpha value is -1.88. The molecule has 1 aromatic carbocycles. The molecular formula is C15H22N2O3. The zero-order chi connectivity index (χ0) is 15.1. The molecule has 20 heavy (non-hydrogen) atoms. The van der Waals surface area contributed by atoms with E-state index in [9.17, 15) is 9.59 Å². The van der Waals surface area contributed by atoms with Crippen molar-refractivity contribution in [3.05, 3.63) is 35.4 Å². The lowest BCUT2D eigenvalue weighted by Crippen LogP contribution is -2.48. The molecule has 1 aromatic rings. The molecule has 5 nitrogen and oxygen atoms in total. The summed E-state index contributed by atoms with van der Waals surface area (Å²) in [5.41, 5.74) is 7.31. The van der Waals surface area contributed by atoms with Crippen molar-refractivity contribution in [1.82, 2.24) is 4.90 Å². The molecule has 0 unspecified atom stereocenters. The van der Waals surface area contributed by atoms with E-state index in [-0.39, 0.29) is 12.3 Å². The number of hydrogen-bond donors (Lipinski definition) is 1. The second kappa shape index (κ2) is 7.65. The minimum atomic E-state index is -0.637. The first-order valence-corrected chi connectivity index (χ1v) is 6.59. The number of benzene rings is 1. The van der Waals surface area contributed by atoms with Crippen LogP contribution in [0.1, 0.15) is 18.1 Å². The van der Waals surface area contributed by atoms with Gasteiger partial charge in [-0.25, -0.2) is 0 Å². The van der Waals surface area contributed by atoms with Crippen molar-refractivity contribution in [2.24, 2.45) is 5.73 Å². The quantitative estimate of drug-likeness (QED) is 0.805. The summed E-state index contributed by atoms with van der Waals surface area (Å²) in [6.45, 7) is 4.33. The molecule has 0 aliphatic rings. The van der Waals surface area contributed by atoms with Crippen molar-refractivity contribution >= 4 is 11.8 Å². The second-order valence-corrected chi connectivity index (χ2v) is 4.82. The van der Waals surface area contributed by atoms with Crippen molar-refractivity contribution < 1.29 is 14.3 Å². The fraction of sp³-hybridized carbons (Fsp3) is 0.467. The minimum absolute atomic E-state index is 0.126. The molecule has 0 saturated carbocycles. The van der Waals surface area contributed by atoms with Crippen LogP contribution in [0.2, 0.25) is 0 Å². The Bertz CT molecular complexity index is 474. The van der Waals surface area contributed by atoms with Crippen molar-refractivity contribution in [1.29, 1.82) is 0 Å². The topological polar surface area (TPSA) is 72.6 Å². The summed E-state index contributed by atoms with van der Waals surface area (Å²) in [6, 6.07) is 7.11. The van der Waals surface area contributed by atoms with Crippen LogP contribution in [0.5, 0.6) is 0 Å². The Kier molecular flexibility index (Phi) is 6.18. The highest BCUT2D eigenvalue weighted by Gasteiger charge is 2.23. The molecule has 0 aromatic heterocycles. The number of ether oxygens (including phenoxy) is 1. The Morgan fingerprint density at radius 2 is 2.10 bits per heavy atom. The summed E-state index contributed by atoms with van der Waals surface area (Å²) in [6.07, 6.45) is 0.253. The predicted molar refractivity (Wildman–Crippen MR) is 77.1 cm³/mol. The molecule has 110 valence electrons. The zero-order valence-corrected chi connectivity index (χ0v) is 12.3. The normalized spacial score (nSPS) is 11.9. The number of hydrogen-bond acceptors (Lipinski definition) is 3. The molecule has 0 saturated heterocycles. The monoisotopic (exact) mass is 278 g/mol. The smallest absolute Gasteiger partial charge is 0.239 e. The van der Waals surface area contributed by atoms with Crippen molar-refractivity contribution in [3.63, 3.8) is 0 Å². The van der Waals surface area contributed by atoms with Gasteiger partial charge in [-0.3, -0.25) is 9.59 Å². The van der Waals surface area contributed by atoms with Crippen LogP contribution in [-0.2, 0) is 20.7 Å². The Morgan fingerprint density at radius 1 is 1.40 bits per heavy atom. The lowest BCUT2D eigenvalue weighted by atomic mass is 10.1. The van der Waals surface area contributed by atoms with Gasteiger partial charge in [0.2, 0.25) is 11.8 Å². The first-order valence-electron chi connectivity index (χ1n) is 6.59. The molecule has 2 N–H and O–H groups in total. The van der Waals surface area contributed by atoms with E-state index in [4.69, 9.17) is 10.5 Å².